The van der Waals surface area contributed by atoms with Crippen LogP contribution in [0.2, 0.25) is 0 Å². The molecule has 0 saturated carbocycles. The molecule has 0 unspecified atom stereocenters. The maximum Gasteiger partial charge on any atom is 0.307 e. The standard InChI is InChI=1S/C13H20N2O4S/c1-4-19-13(16)7-8-15(3)20(17,18)12-6-5-10(2)9-11(12)14/h5-6,9H,4,7-8,14H2,1-3H3. The topological polar surface area (TPSA) is 89.7 Å². The van der Waals surface area contributed by atoms with Crippen molar-refractivity contribution in [2.75, 3.05) is 25.9 Å². The highest BCUT2D eigenvalue weighted by atomic mass is 32.2. The van der Waals surface area contributed by atoms with Gasteiger partial charge in [0.05, 0.1) is 18.7 Å². The quantitative estimate of drug-likeness (QED) is 0.629. The largest absolute Gasteiger partial charge is 0.466 e. The molecule has 0 heterocycles. The Balaban J connectivity index is 2.85. The normalized spacial score (nSPS) is 11.6. The molecular formula is C13H20N2O4S. The average Bonchev–Trinajstić information content (AvgIpc) is 2.35. The summed E-state index contributed by atoms with van der Waals surface area (Å²) in [5.74, 6) is -0.425. The van der Waals surface area contributed by atoms with Crippen LogP contribution >= 0.6 is 0 Å². The zero-order chi connectivity index (χ0) is 15.3. The Kier molecular flexibility index (Phi) is 5.52. The van der Waals surface area contributed by atoms with Gasteiger partial charge in [0.1, 0.15) is 4.90 Å². The highest BCUT2D eigenvalue weighted by Crippen LogP contribution is 2.22. The molecule has 0 saturated heterocycles. The Morgan fingerprint density at radius 1 is 1.40 bits per heavy atom. The predicted octanol–water partition coefficient (Wildman–Crippen LogP) is 1.15. The molecule has 6 nitrogen and oxygen atoms in total. The van der Waals surface area contributed by atoms with E-state index in [9.17, 15) is 13.2 Å². The van der Waals surface area contributed by atoms with Gasteiger partial charge in [-0.2, -0.15) is 0 Å². The molecule has 0 aliphatic carbocycles. The van der Waals surface area contributed by atoms with E-state index in [-0.39, 0.29) is 30.2 Å². The molecule has 0 aliphatic rings. The van der Waals surface area contributed by atoms with E-state index in [1.165, 1.54) is 13.1 Å². The van der Waals surface area contributed by atoms with Gasteiger partial charge in [-0.3, -0.25) is 4.79 Å². The van der Waals surface area contributed by atoms with Gasteiger partial charge in [0, 0.05) is 13.6 Å². The second-order valence-electron chi connectivity index (χ2n) is 4.42. The minimum Gasteiger partial charge on any atom is -0.466 e. The Hall–Kier alpha value is -1.60. The van der Waals surface area contributed by atoms with Gasteiger partial charge >= 0.3 is 5.97 Å². The van der Waals surface area contributed by atoms with Gasteiger partial charge in [-0.05, 0) is 31.5 Å². The smallest absolute Gasteiger partial charge is 0.307 e. The molecule has 0 aliphatic heterocycles. The van der Waals surface area contributed by atoms with E-state index in [4.69, 9.17) is 10.5 Å². The van der Waals surface area contributed by atoms with E-state index in [2.05, 4.69) is 0 Å². The Labute approximate surface area is 119 Å². The number of sulfonamides is 1. The minimum absolute atomic E-state index is 0.00926. The molecule has 0 bridgehead atoms. The van der Waals surface area contributed by atoms with Crippen LogP contribution in [0.25, 0.3) is 0 Å². The Morgan fingerprint density at radius 2 is 2.05 bits per heavy atom. The first-order valence-electron chi connectivity index (χ1n) is 6.27. The number of ether oxygens (including phenoxy) is 1. The van der Waals surface area contributed by atoms with Crippen molar-refractivity contribution in [3.63, 3.8) is 0 Å². The van der Waals surface area contributed by atoms with Crippen molar-refractivity contribution in [3.05, 3.63) is 23.8 Å². The fourth-order valence-corrected chi connectivity index (χ4v) is 2.94. The van der Waals surface area contributed by atoms with Crippen LogP contribution in [0.4, 0.5) is 5.69 Å². The maximum absolute atomic E-state index is 12.3. The van der Waals surface area contributed by atoms with E-state index in [0.29, 0.717) is 0 Å². The van der Waals surface area contributed by atoms with Crippen molar-refractivity contribution in [2.45, 2.75) is 25.2 Å². The summed E-state index contributed by atoms with van der Waals surface area (Å²) in [7, 11) is -2.29. The summed E-state index contributed by atoms with van der Waals surface area (Å²) in [4.78, 5) is 11.3. The Bertz CT molecular complexity index is 584. The first-order valence-corrected chi connectivity index (χ1v) is 7.71. The number of nitrogens with zero attached hydrogens (tertiary/aromatic N) is 1. The number of anilines is 1. The average molecular weight is 300 g/mol. The summed E-state index contributed by atoms with van der Waals surface area (Å²) < 4.78 is 30.5. The number of nitrogens with two attached hydrogens (primary N) is 1. The zero-order valence-electron chi connectivity index (χ0n) is 11.9. The number of carbonyl (C=O) groups excluding carboxylic acids is 1. The third kappa shape index (κ3) is 3.94. The van der Waals surface area contributed by atoms with E-state index < -0.39 is 16.0 Å². The van der Waals surface area contributed by atoms with Crippen molar-refractivity contribution in [1.82, 2.24) is 4.31 Å². The van der Waals surface area contributed by atoms with Crippen LogP contribution in [0.15, 0.2) is 23.1 Å². The van der Waals surface area contributed by atoms with E-state index in [0.717, 1.165) is 9.87 Å². The molecule has 1 aromatic carbocycles. The number of hydrogen-bond donors (Lipinski definition) is 1. The van der Waals surface area contributed by atoms with E-state index in [1.54, 1.807) is 19.1 Å². The van der Waals surface area contributed by atoms with E-state index in [1.807, 2.05) is 6.92 Å². The van der Waals surface area contributed by atoms with Crippen molar-refractivity contribution in [1.29, 1.82) is 0 Å². The number of hydrogen-bond acceptors (Lipinski definition) is 5. The molecule has 0 amide bonds. The summed E-state index contributed by atoms with van der Waals surface area (Å²) in [6.45, 7) is 3.86. The van der Waals surface area contributed by atoms with Crippen LogP contribution in [-0.4, -0.2) is 38.9 Å². The summed E-state index contributed by atoms with van der Waals surface area (Å²) >= 11 is 0. The first kappa shape index (κ1) is 16.5. The van der Waals surface area contributed by atoms with Gasteiger partial charge in [-0.15, -0.1) is 0 Å². The SMILES string of the molecule is CCOC(=O)CCN(C)S(=O)(=O)c1ccc(C)cc1N. The van der Waals surface area contributed by atoms with Crippen LogP contribution in [0.3, 0.4) is 0 Å². The summed E-state index contributed by atoms with van der Waals surface area (Å²) in [6.07, 6.45) is 0.00926. The number of carbonyl (C=O) groups is 1. The van der Waals surface area contributed by atoms with Crippen LogP contribution in [0.5, 0.6) is 0 Å². The third-order valence-electron chi connectivity index (χ3n) is 2.79. The molecule has 1 rings (SSSR count). The number of nitrogen functional groups attached to an aromatic ring is 1. The van der Waals surface area contributed by atoms with Crippen LogP contribution < -0.4 is 5.73 Å². The lowest BCUT2D eigenvalue weighted by Gasteiger charge is -2.18. The van der Waals surface area contributed by atoms with Gasteiger partial charge in [0.15, 0.2) is 0 Å². The van der Waals surface area contributed by atoms with Gasteiger partial charge in [-0.1, -0.05) is 6.07 Å². The highest BCUT2D eigenvalue weighted by Gasteiger charge is 2.23. The molecule has 0 atom stereocenters. The number of rotatable bonds is 6. The second kappa shape index (κ2) is 6.71. The zero-order valence-corrected chi connectivity index (χ0v) is 12.7. The molecule has 2 N–H and O–H groups in total. The van der Waals surface area contributed by atoms with Gasteiger partial charge in [0.2, 0.25) is 10.0 Å². The van der Waals surface area contributed by atoms with Crippen molar-refractivity contribution in [2.24, 2.45) is 0 Å². The number of benzene rings is 1. The monoisotopic (exact) mass is 300 g/mol. The van der Waals surface area contributed by atoms with Crippen molar-refractivity contribution in [3.8, 4) is 0 Å². The molecule has 0 radical (unpaired) electrons. The Morgan fingerprint density at radius 3 is 2.60 bits per heavy atom. The van der Waals surface area contributed by atoms with E-state index >= 15 is 0 Å². The lowest BCUT2D eigenvalue weighted by atomic mass is 10.2. The van der Waals surface area contributed by atoms with Gasteiger partial charge in [0.25, 0.3) is 0 Å². The van der Waals surface area contributed by atoms with Crippen molar-refractivity contribution < 1.29 is 17.9 Å². The predicted molar refractivity (Wildman–Crippen MR) is 76.7 cm³/mol. The second-order valence-corrected chi connectivity index (χ2v) is 6.44. The summed E-state index contributed by atoms with van der Waals surface area (Å²) in [6, 6.07) is 4.76. The summed E-state index contributed by atoms with van der Waals surface area (Å²) in [5.41, 5.74) is 6.84. The lowest BCUT2D eigenvalue weighted by molar-refractivity contribution is -0.143. The lowest BCUT2D eigenvalue weighted by Crippen LogP contribution is -2.30. The number of esters is 1. The molecule has 0 aromatic heterocycles. The first-order chi connectivity index (χ1) is 9.28. The molecule has 112 valence electrons. The summed E-state index contributed by atoms with van der Waals surface area (Å²) in [5, 5.41) is 0. The fourth-order valence-electron chi connectivity index (χ4n) is 1.67. The third-order valence-corrected chi connectivity index (χ3v) is 4.72. The minimum atomic E-state index is -3.70. The van der Waals surface area contributed by atoms with Crippen LogP contribution in [0, 0.1) is 6.92 Å². The van der Waals surface area contributed by atoms with Crippen molar-refractivity contribution >= 4 is 21.7 Å². The fraction of sp³-hybridized carbons (Fsp3) is 0.462. The number of aryl methyl sites for hydroxylation is 1. The molecule has 7 heteroatoms. The molecule has 1 aromatic rings. The molecule has 0 spiro atoms. The maximum atomic E-state index is 12.3. The molecular weight excluding hydrogens is 280 g/mol. The van der Waals surface area contributed by atoms with Gasteiger partial charge in [-0.25, -0.2) is 12.7 Å². The molecule has 0 fully saturated rings. The van der Waals surface area contributed by atoms with Gasteiger partial charge < -0.3 is 10.5 Å². The molecule has 20 heavy (non-hydrogen) atoms. The van der Waals surface area contributed by atoms with Crippen LogP contribution in [0.1, 0.15) is 18.9 Å². The highest BCUT2D eigenvalue weighted by molar-refractivity contribution is 7.89. The van der Waals surface area contributed by atoms with Crippen LogP contribution in [-0.2, 0) is 19.6 Å².